The summed E-state index contributed by atoms with van der Waals surface area (Å²) in [4.78, 5) is -0.152. The molecule has 0 fully saturated rings. The van der Waals surface area contributed by atoms with Gasteiger partial charge in [0.2, 0.25) is 0 Å². The normalized spacial score (nSPS) is 10.1. The predicted octanol–water partition coefficient (Wildman–Crippen LogP) is -5.20. The largest absolute Gasteiger partial charge is 1.00 e. The van der Waals surface area contributed by atoms with Crippen LogP contribution in [0, 0.1) is 0 Å². The van der Waals surface area contributed by atoms with Crippen LogP contribution in [0.5, 0.6) is 5.75 Å². The van der Waals surface area contributed by atoms with Gasteiger partial charge in [-0.3, -0.25) is 8.76 Å². The third kappa shape index (κ3) is 8.62. The third-order valence-electron chi connectivity index (χ3n) is 2.09. The van der Waals surface area contributed by atoms with Crippen molar-refractivity contribution < 1.29 is 90.5 Å². The van der Waals surface area contributed by atoms with E-state index >= 15 is 0 Å². The number of rotatable bonds is 1. The average molecular weight is 350 g/mol. The molecule has 0 aliphatic carbocycles. The molecule has 0 unspecified atom stereocenters. The zero-order chi connectivity index (χ0) is 14.6. The summed E-state index contributed by atoms with van der Waals surface area (Å²) in [6.45, 7) is 0. The maximum absolute atomic E-state index is 10.8. The molecular formula is C10H8Na2O7S2. The second kappa shape index (κ2) is 10.3. The first-order valence-corrected chi connectivity index (χ1v) is 7.11. The summed E-state index contributed by atoms with van der Waals surface area (Å²) < 4.78 is 55.9. The number of hydrogen-bond donors (Lipinski definition) is 2. The summed E-state index contributed by atoms with van der Waals surface area (Å²) in [6, 6.07) is 8.72. The first kappa shape index (κ1) is 23.7. The number of phenolic OH excluding ortho intramolecular Hbond substituents is 1. The molecule has 2 N–H and O–H groups in total. The van der Waals surface area contributed by atoms with Crippen LogP contribution in [0.25, 0.3) is 10.8 Å². The Kier molecular flexibility index (Phi) is 11.6. The van der Waals surface area contributed by atoms with E-state index in [4.69, 9.17) is 17.9 Å². The zero-order valence-corrected chi connectivity index (χ0v) is 16.8. The molecular weight excluding hydrogens is 342 g/mol. The van der Waals surface area contributed by atoms with Gasteiger partial charge in [0.15, 0.2) is 0 Å². The maximum atomic E-state index is 10.8. The zero-order valence-electron chi connectivity index (χ0n) is 11.2. The molecule has 0 heterocycles. The Bertz CT molecular complexity index is 714. The molecule has 104 valence electrons. The monoisotopic (exact) mass is 350 g/mol. The van der Waals surface area contributed by atoms with Gasteiger partial charge in [-0.2, -0.15) is 8.42 Å². The quantitative estimate of drug-likeness (QED) is 0.298. The molecule has 7 nitrogen and oxygen atoms in total. The standard InChI is InChI=1S/C10H8O4S.2Na.H2O3S/c11-9-3-1-8-6-10(15(12,13)14)4-2-7(8)5-9;;;1-4(2)3/h1-6,11H,(H,12,13,14);;;(H2,1,2,3)/q;2*+1;/p-2. The second-order valence-electron chi connectivity index (χ2n) is 3.37. The van der Waals surface area contributed by atoms with E-state index < -0.39 is 21.5 Å². The Morgan fingerprint density at radius 3 is 1.86 bits per heavy atom. The molecule has 0 saturated carbocycles. The van der Waals surface area contributed by atoms with Gasteiger partial charge >= 0.3 is 59.1 Å². The van der Waals surface area contributed by atoms with Crippen molar-refractivity contribution in [2.45, 2.75) is 4.90 Å². The van der Waals surface area contributed by atoms with Crippen LogP contribution in [0.3, 0.4) is 0 Å². The summed E-state index contributed by atoms with van der Waals surface area (Å²) in [7, 11) is -4.17. The molecule has 2 aromatic rings. The fraction of sp³-hybridized carbons (Fsp3) is 0. The van der Waals surface area contributed by atoms with E-state index in [0.29, 0.717) is 10.8 Å². The van der Waals surface area contributed by atoms with Crippen LogP contribution < -0.4 is 59.1 Å². The summed E-state index contributed by atoms with van der Waals surface area (Å²) in [6.07, 6.45) is 0. The summed E-state index contributed by atoms with van der Waals surface area (Å²) in [5.74, 6) is 0.113. The Balaban J connectivity index is 0. The molecule has 2 aromatic carbocycles. The van der Waals surface area contributed by atoms with Crippen LogP contribution in [-0.4, -0.2) is 31.4 Å². The maximum Gasteiger partial charge on any atom is 1.00 e. The van der Waals surface area contributed by atoms with Crippen molar-refractivity contribution in [3.63, 3.8) is 0 Å². The Labute approximate surface area is 168 Å². The predicted molar refractivity (Wildman–Crippen MR) is 65.1 cm³/mol. The van der Waals surface area contributed by atoms with Gasteiger partial charge in [0.25, 0.3) is 10.1 Å². The number of benzene rings is 2. The third-order valence-corrected chi connectivity index (χ3v) is 2.94. The molecule has 0 atom stereocenters. The fourth-order valence-electron chi connectivity index (χ4n) is 1.37. The van der Waals surface area contributed by atoms with Crippen molar-refractivity contribution in [1.82, 2.24) is 0 Å². The van der Waals surface area contributed by atoms with Crippen molar-refractivity contribution in [2.75, 3.05) is 0 Å². The summed E-state index contributed by atoms with van der Waals surface area (Å²) in [5.41, 5.74) is 0. The Hall–Kier alpha value is 0.480. The molecule has 0 aliphatic heterocycles. The molecule has 0 spiro atoms. The first-order chi connectivity index (χ1) is 8.70. The first-order valence-electron chi connectivity index (χ1n) is 4.67. The van der Waals surface area contributed by atoms with Gasteiger partial charge in [-0.15, -0.1) is 11.4 Å². The van der Waals surface area contributed by atoms with Crippen LogP contribution in [0.2, 0.25) is 0 Å². The molecule has 0 aromatic heterocycles. The van der Waals surface area contributed by atoms with Gasteiger partial charge in [0.05, 0.1) is 4.90 Å². The van der Waals surface area contributed by atoms with E-state index in [-0.39, 0.29) is 69.8 Å². The van der Waals surface area contributed by atoms with Gasteiger partial charge in [0, 0.05) is 0 Å². The van der Waals surface area contributed by atoms with E-state index in [1.807, 2.05) is 0 Å². The second-order valence-corrected chi connectivity index (χ2v) is 5.20. The van der Waals surface area contributed by atoms with Gasteiger partial charge in [-0.25, -0.2) is 0 Å². The van der Waals surface area contributed by atoms with Crippen molar-refractivity contribution in [1.29, 1.82) is 0 Å². The number of hydrogen-bond acceptors (Lipinski definition) is 6. The minimum absolute atomic E-state index is 0. The van der Waals surface area contributed by atoms with Gasteiger partial charge in [-0.1, -0.05) is 12.1 Å². The van der Waals surface area contributed by atoms with Crippen LogP contribution in [0.15, 0.2) is 41.3 Å². The number of fused-ring (bicyclic) bond motifs is 1. The van der Waals surface area contributed by atoms with E-state index in [0.717, 1.165) is 0 Å². The minimum atomic E-state index is -4.17. The summed E-state index contributed by atoms with van der Waals surface area (Å²) in [5, 5.41) is 10.5. The SMILES string of the molecule is O=S(=O)(O)c1ccc2cc(O)ccc2c1.O=S([O-])[O-].[Na+].[Na+]. The van der Waals surface area contributed by atoms with Gasteiger partial charge < -0.3 is 14.2 Å². The minimum Gasteiger partial charge on any atom is -0.784 e. The molecule has 0 amide bonds. The molecule has 2 rings (SSSR count). The van der Waals surface area contributed by atoms with Crippen molar-refractivity contribution in [3.8, 4) is 5.75 Å². The van der Waals surface area contributed by atoms with Crippen LogP contribution in [-0.2, 0) is 21.5 Å². The average Bonchev–Trinajstić information content (AvgIpc) is 2.26. The number of phenols is 1. The van der Waals surface area contributed by atoms with Gasteiger partial charge in [-0.05, 0) is 35.0 Å². The number of aromatic hydroxyl groups is 1. The van der Waals surface area contributed by atoms with Crippen LogP contribution >= 0.6 is 0 Å². The molecule has 0 bridgehead atoms. The fourth-order valence-corrected chi connectivity index (χ4v) is 1.89. The van der Waals surface area contributed by atoms with Crippen molar-refractivity contribution in [2.24, 2.45) is 0 Å². The molecule has 0 radical (unpaired) electrons. The van der Waals surface area contributed by atoms with Crippen molar-refractivity contribution >= 4 is 32.3 Å². The van der Waals surface area contributed by atoms with Gasteiger partial charge in [0.1, 0.15) is 5.75 Å². The van der Waals surface area contributed by atoms with Crippen LogP contribution in [0.4, 0.5) is 0 Å². The Morgan fingerprint density at radius 2 is 1.38 bits per heavy atom. The van der Waals surface area contributed by atoms with Crippen LogP contribution in [0.1, 0.15) is 0 Å². The molecule has 0 aliphatic rings. The van der Waals surface area contributed by atoms with E-state index in [1.54, 1.807) is 6.07 Å². The molecule has 21 heavy (non-hydrogen) atoms. The topological polar surface area (TPSA) is 138 Å². The van der Waals surface area contributed by atoms with E-state index in [9.17, 15) is 13.5 Å². The van der Waals surface area contributed by atoms with E-state index in [2.05, 4.69) is 0 Å². The van der Waals surface area contributed by atoms with Crippen molar-refractivity contribution in [3.05, 3.63) is 36.4 Å². The molecule has 0 saturated heterocycles. The smallest absolute Gasteiger partial charge is 0.784 e. The molecule has 11 heteroatoms. The summed E-state index contributed by atoms with van der Waals surface area (Å²) >= 11 is -3.11. The Morgan fingerprint density at radius 1 is 0.952 bits per heavy atom. The van der Waals surface area contributed by atoms with E-state index in [1.165, 1.54) is 30.3 Å².